The minimum absolute atomic E-state index is 0.637. The second-order valence-electron chi connectivity index (χ2n) is 4.50. The maximum atomic E-state index is 5.66. The van der Waals surface area contributed by atoms with Gasteiger partial charge >= 0.3 is 0 Å². The highest BCUT2D eigenvalue weighted by Gasteiger charge is 2.25. The van der Waals surface area contributed by atoms with E-state index in [0.717, 1.165) is 5.92 Å². The van der Waals surface area contributed by atoms with Gasteiger partial charge in [0.1, 0.15) is 0 Å². The summed E-state index contributed by atoms with van der Waals surface area (Å²) in [5.41, 5.74) is 9.64. The van der Waals surface area contributed by atoms with Gasteiger partial charge in [-0.15, -0.1) is 0 Å². The van der Waals surface area contributed by atoms with Crippen molar-refractivity contribution in [1.82, 2.24) is 0 Å². The molecule has 1 saturated heterocycles. The van der Waals surface area contributed by atoms with Crippen LogP contribution in [0.25, 0.3) is 0 Å². The van der Waals surface area contributed by atoms with Crippen molar-refractivity contribution in [3.63, 3.8) is 0 Å². The normalized spacial score (nSPS) is 16.6. The van der Waals surface area contributed by atoms with Crippen LogP contribution in [0.2, 0.25) is 0 Å². The molecular weight excluding hydrogens is 184 g/mol. The molecule has 0 unspecified atom stereocenters. The molecule has 1 aliphatic heterocycles. The summed E-state index contributed by atoms with van der Waals surface area (Å²) in [5.74, 6) is 0.894. The molecule has 0 atom stereocenters. The summed E-state index contributed by atoms with van der Waals surface area (Å²) in [5, 5.41) is 0. The van der Waals surface area contributed by atoms with E-state index in [0.29, 0.717) is 6.54 Å². The van der Waals surface area contributed by atoms with Crippen molar-refractivity contribution in [3.8, 4) is 0 Å². The van der Waals surface area contributed by atoms with Crippen molar-refractivity contribution < 1.29 is 0 Å². The average molecular weight is 204 g/mol. The second kappa shape index (κ2) is 4.23. The fraction of sp³-hybridized carbons (Fsp3) is 0.538. The lowest BCUT2D eigenvalue weighted by molar-refractivity contribution is 0.398. The summed E-state index contributed by atoms with van der Waals surface area (Å²) < 4.78 is 0. The summed E-state index contributed by atoms with van der Waals surface area (Å²) in [6.07, 6.45) is 1.30. The molecule has 82 valence electrons. The predicted octanol–water partition coefficient (Wildman–Crippen LogP) is 2.30. The van der Waals surface area contributed by atoms with Gasteiger partial charge in [-0.1, -0.05) is 19.1 Å². The molecule has 0 amide bonds. The maximum absolute atomic E-state index is 5.66. The van der Waals surface area contributed by atoms with Gasteiger partial charge in [-0.05, 0) is 36.5 Å². The van der Waals surface area contributed by atoms with Crippen molar-refractivity contribution >= 4 is 5.69 Å². The first kappa shape index (κ1) is 10.5. The third-order valence-corrected chi connectivity index (χ3v) is 3.38. The van der Waals surface area contributed by atoms with Crippen LogP contribution in [-0.4, -0.2) is 13.1 Å². The molecule has 0 spiro atoms. The first-order valence-electron chi connectivity index (χ1n) is 5.79. The number of aryl methyl sites for hydroxylation is 1. The van der Waals surface area contributed by atoms with E-state index in [9.17, 15) is 0 Å². The molecule has 0 saturated carbocycles. The van der Waals surface area contributed by atoms with Gasteiger partial charge in [0.25, 0.3) is 0 Å². The highest BCUT2D eigenvalue weighted by Crippen LogP contribution is 2.29. The minimum Gasteiger partial charge on any atom is -0.371 e. The van der Waals surface area contributed by atoms with Crippen LogP contribution in [0.4, 0.5) is 5.69 Å². The highest BCUT2D eigenvalue weighted by molar-refractivity contribution is 5.56. The lowest BCUT2D eigenvalue weighted by Gasteiger charge is -2.41. The zero-order valence-corrected chi connectivity index (χ0v) is 9.66. The fourth-order valence-electron chi connectivity index (χ4n) is 2.15. The van der Waals surface area contributed by atoms with Gasteiger partial charge < -0.3 is 10.6 Å². The number of benzene rings is 1. The number of hydrogen-bond acceptors (Lipinski definition) is 2. The third kappa shape index (κ3) is 2.00. The van der Waals surface area contributed by atoms with Crippen LogP contribution in [0.3, 0.4) is 0 Å². The van der Waals surface area contributed by atoms with Gasteiger partial charge in [-0.25, -0.2) is 0 Å². The Kier molecular flexibility index (Phi) is 2.96. The van der Waals surface area contributed by atoms with Gasteiger partial charge in [0.05, 0.1) is 0 Å². The third-order valence-electron chi connectivity index (χ3n) is 3.38. The molecule has 1 aliphatic rings. The van der Waals surface area contributed by atoms with E-state index in [4.69, 9.17) is 5.73 Å². The van der Waals surface area contributed by atoms with Crippen LogP contribution < -0.4 is 10.6 Å². The van der Waals surface area contributed by atoms with Crippen LogP contribution in [0.5, 0.6) is 0 Å². The van der Waals surface area contributed by atoms with Crippen molar-refractivity contribution in [2.24, 2.45) is 11.7 Å². The summed E-state index contributed by atoms with van der Waals surface area (Å²) in [4.78, 5) is 2.46. The number of rotatable bonds is 3. The van der Waals surface area contributed by atoms with Gasteiger partial charge in [-0.3, -0.25) is 0 Å². The van der Waals surface area contributed by atoms with E-state index in [-0.39, 0.29) is 0 Å². The largest absolute Gasteiger partial charge is 0.371 e. The zero-order valence-electron chi connectivity index (χ0n) is 9.66. The van der Waals surface area contributed by atoms with Crippen molar-refractivity contribution in [3.05, 3.63) is 29.3 Å². The molecule has 15 heavy (non-hydrogen) atoms. The number of nitrogens with zero attached hydrogens (tertiary/aromatic N) is 1. The Labute approximate surface area is 92.1 Å². The maximum Gasteiger partial charge on any atom is 0.0399 e. The first-order chi connectivity index (χ1) is 7.24. The predicted molar refractivity (Wildman–Crippen MR) is 65.1 cm³/mol. The topological polar surface area (TPSA) is 29.3 Å². The summed E-state index contributed by atoms with van der Waals surface area (Å²) in [7, 11) is 0. The fourth-order valence-corrected chi connectivity index (χ4v) is 2.15. The van der Waals surface area contributed by atoms with E-state index in [1.54, 1.807) is 0 Å². The minimum atomic E-state index is 0.637. The quantitative estimate of drug-likeness (QED) is 0.818. The summed E-state index contributed by atoms with van der Waals surface area (Å²) in [6, 6.07) is 6.54. The number of nitrogens with two attached hydrogens (primary N) is 1. The number of hydrogen-bond donors (Lipinski definition) is 1. The van der Waals surface area contributed by atoms with Crippen LogP contribution in [0, 0.1) is 12.8 Å². The molecule has 0 aliphatic carbocycles. The second-order valence-corrected chi connectivity index (χ2v) is 4.50. The summed E-state index contributed by atoms with van der Waals surface area (Å²) in [6.45, 7) is 7.51. The molecule has 1 heterocycles. The monoisotopic (exact) mass is 204 g/mol. The number of anilines is 1. The molecule has 2 nitrogen and oxygen atoms in total. The molecular formula is C13H20N2. The Bertz CT molecular complexity index is 340. The molecule has 0 bridgehead atoms. The van der Waals surface area contributed by atoms with Gasteiger partial charge in [0.15, 0.2) is 0 Å². The Morgan fingerprint density at radius 3 is 2.73 bits per heavy atom. The molecule has 1 fully saturated rings. The van der Waals surface area contributed by atoms with Gasteiger partial charge in [0, 0.05) is 25.3 Å². The zero-order chi connectivity index (χ0) is 10.8. The van der Waals surface area contributed by atoms with Gasteiger partial charge in [0.2, 0.25) is 0 Å². The first-order valence-corrected chi connectivity index (χ1v) is 5.79. The molecule has 2 rings (SSSR count). The highest BCUT2D eigenvalue weighted by atomic mass is 15.2. The summed E-state index contributed by atoms with van der Waals surface area (Å²) >= 11 is 0. The lowest BCUT2D eigenvalue weighted by Crippen LogP contribution is -2.46. The molecule has 1 aromatic rings. The molecule has 0 aromatic heterocycles. The van der Waals surface area contributed by atoms with Crippen LogP contribution in [-0.2, 0) is 6.54 Å². The smallest absolute Gasteiger partial charge is 0.0399 e. The molecule has 2 N–H and O–H groups in total. The van der Waals surface area contributed by atoms with Crippen LogP contribution in [0.1, 0.15) is 24.5 Å². The van der Waals surface area contributed by atoms with E-state index in [1.165, 1.54) is 36.3 Å². The van der Waals surface area contributed by atoms with Crippen LogP contribution >= 0.6 is 0 Å². The van der Waals surface area contributed by atoms with E-state index >= 15 is 0 Å². The van der Waals surface area contributed by atoms with Crippen molar-refractivity contribution in [2.45, 2.75) is 26.8 Å². The molecule has 0 radical (unpaired) electrons. The van der Waals surface area contributed by atoms with E-state index in [1.807, 2.05) is 0 Å². The Morgan fingerprint density at radius 1 is 1.40 bits per heavy atom. The molecule has 2 heteroatoms. The average Bonchev–Trinajstić information content (AvgIpc) is 2.19. The Hall–Kier alpha value is -1.02. The standard InChI is InChI=1S/C13H20N2/c1-3-11-8-15(9-11)13-6-12(7-14)5-4-10(13)2/h4-6,11H,3,7-9,14H2,1-2H3. The van der Waals surface area contributed by atoms with E-state index in [2.05, 4.69) is 36.9 Å². The Morgan fingerprint density at radius 2 is 2.13 bits per heavy atom. The van der Waals surface area contributed by atoms with E-state index < -0.39 is 0 Å². The van der Waals surface area contributed by atoms with Crippen molar-refractivity contribution in [2.75, 3.05) is 18.0 Å². The SMILES string of the molecule is CCC1CN(c2cc(CN)ccc2C)C1. The molecule has 1 aromatic carbocycles. The van der Waals surface area contributed by atoms with Crippen molar-refractivity contribution in [1.29, 1.82) is 0 Å². The Balaban J connectivity index is 2.14. The lowest BCUT2D eigenvalue weighted by atomic mass is 9.95. The van der Waals surface area contributed by atoms with Gasteiger partial charge in [-0.2, -0.15) is 0 Å². The van der Waals surface area contributed by atoms with Crippen LogP contribution in [0.15, 0.2) is 18.2 Å².